The van der Waals surface area contributed by atoms with E-state index >= 15 is 0 Å². The molecule has 1 saturated carbocycles. The molecule has 23 heavy (non-hydrogen) atoms. The van der Waals surface area contributed by atoms with Crippen LogP contribution in [0.15, 0.2) is 46.6 Å². The van der Waals surface area contributed by atoms with Crippen molar-refractivity contribution in [1.29, 1.82) is 0 Å². The van der Waals surface area contributed by atoms with E-state index in [1.54, 1.807) is 25.2 Å². The first-order valence-electron chi connectivity index (χ1n) is 7.11. The highest BCUT2D eigenvalue weighted by atomic mass is 19.4. The van der Waals surface area contributed by atoms with Gasteiger partial charge in [-0.1, -0.05) is 18.2 Å². The summed E-state index contributed by atoms with van der Waals surface area (Å²) in [6.07, 6.45) is 0.977. The molecule has 2 rings (SSSR count). The topological polar surface area (TPSA) is 32.7 Å². The molecule has 0 N–H and O–H groups in total. The summed E-state index contributed by atoms with van der Waals surface area (Å²) in [7, 11) is 3.51. The van der Waals surface area contributed by atoms with Crippen molar-refractivity contribution in [2.75, 3.05) is 14.1 Å². The van der Waals surface area contributed by atoms with E-state index in [1.165, 1.54) is 30.5 Å². The number of nitrogens with zero attached hydrogens (tertiary/aromatic N) is 2. The Kier molecular flexibility index (Phi) is 5.03. The maximum Gasteiger partial charge on any atom is 0.416 e. The molecule has 0 heterocycles. The molecule has 1 fully saturated rings. The largest absolute Gasteiger partial charge is 0.416 e. The fourth-order valence-corrected chi connectivity index (χ4v) is 2.32. The van der Waals surface area contributed by atoms with Crippen LogP contribution in [0.25, 0.3) is 6.08 Å². The van der Waals surface area contributed by atoms with E-state index in [4.69, 9.17) is 0 Å². The molecule has 0 radical (unpaired) electrons. The van der Waals surface area contributed by atoms with Crippen LogP contribution < -0.4 is 0 Å². The van der Waals surface area contributed by atoms with Crippen molar-refractivity contribution in [3.8, 4) is 0 Å². The molecule has 0 amide bonds. The zero-order chi connectivity index (χ0) is 17.0. The highest BCUT2D eigenvalue weighted by Crippen LogP contribution is 2.34. The van der Waals surface area contributed by atoms with Gasteiger partial charge in [0.25, 0.3) is 0 Å². The standard InChI is InChI=1S/C17H17F3N2O/c1-22(2)21-10-9-12-7-8-14(16(12)23)11-13-5-3-4-6-15(13)17(18,19)20/h3-6,9-11H,7-8H2,1-2H3/b12-9-,14-11+,21-10-. The first-order chi connectivity index (χ1) is 10.8. The van der Waals surface area contributed by atoms with Gasteiger partial charge < -0.3 is 5.01 Å². The van der Waals surface area contributed by atoms with E-state index < -0.39 is 11.7 Å². The Hall–Kier alpha value is -2.37. The van der Waals surface area contributed by atoms with Gasteiger partial charge in [0.15, 0.2) is 5.78 Å². The van der Waals surface area contributed by atoms with Crippen molar-refractivity contribution in [2.45, 2.75) is 19.0 Å². The van der Waals surface area contributed by atoms with Crippen molar-refractivity contribution < 1.29 is 18.0 Å². The number of hydrazone groups is 1. The molecule has 1 aliphatic carbocycles. The zero-order valence-electron chi connectivity index (χ0n) is 12.9. The normalized spacial score (nSPS) is 19.3. The average molecular weight is 322 g/mol. The van der Waals surface area contributed by atoms with Crippen LogP contribution in [0.5, 0.6) is 0 Å². The molecule has 6 heteroatoms. The van der Waals surface area contributed by atoms with Gasteiger partial charge in [-0.15, -0.1) is 0 Å². The van der Waals surface area contributed by atoms with Crippen LogP contribution in [0.2, 0.25) is 0 Å². The maximum absolute atomic E-state index is 13.0. The second-order valence-electron chi connectivity index (χ2n) is 5.39. The minimum Gasteiger partial charge on any atom is -0.303 e. The number of Topliss-reactive ketones (excluding diaryl/α,β-unsaturated/α-hetero) is 1. The number of hydrogen-bond donors (Lipinski definition) is 0. The van der Waals surface area contributed by atoms with Crippen LogP contribution in [-0.4, -0.2) is 31.1 Å². The maximum atomic E-state index is 13.0. The van der Waals surface area contributed by atoms with E-state index in [0.717, 1.165) is 6.07 Å². The second kappa shape index (κ2) is 6.81. The number of carbonyl (C=O) groups is 1. The number of benzene rings is 1. The molecule has 3 nitrogen and oxygen atoms in total. The van der Waals surface area contributed by atoms with Crippen molar-refractivity contribution in [1.82, 2.24) is 5.01 Å². The molecule has 0 atom stereocenters. The number of ketones is 1. The molecule has 0 saturated heterocycles. The molecule has 1 aromatic rings. The van der Waals surface area contributed by atoms with Gasteiger partial charge in [-0.25, -0.2) is 0 Å². The van der Waals surface area contributed by atoms with Crippen LogP contribution in [-0.2, 0) is 11.0 Å². The second-order valence-corrected chi connectivity index (χ2v) is 5.39. The monoisotopic (exact) mass is 322 g/mol. The highest BCUT2D eigenvalue weighted by molar-refractivity contribution is 6.14. The lowest BCUT2D eigenvalue weighted by molar-refractivity contribution is -0.137. The molecular formula is C17H17F3N2O. The molecule has 0 bridgehead atoms. The summed E-state index contributed by atoms with van der Waals surface area (Å²) < 4.78 is 39.0. The van der Waals surface area contributed by atoms with Crippen molar-refractivity contribution in [3.63, 3.8) is 0 Å². The van der Waals surface area contributed by atoms with Gasteiger partial charge >= 0.3 is 6.18 Å². The predicted molar refractivity (Wildman–Crippen MR) is 83.9 cm³/mol. The fraction of sp³-hybridized carbons (Fsp3) is 0.294. The van der Waals surface area contributed by atoms with Crippen LogP contribution in [0.1, 0.15) is 24.0 Å². The highest BCUT2D eigenvalue weighted by Gasteiger charge is 2.33. The van der Waals surface area contributed by atoms with Crippen molar-refractivity contribution >= 4 is 18.1 Å². The first-order valence-corrected chi connectivity index (χ1v) is 7.11. The van der Waals surface area contributed by atoms with Gasteiger partial charge in [0.05, 0.1) is 5.56 Å². The van der Waals surface area contributed by atoms with Crippen molar-refractivity contribution in [2.24, 2.45) is 5.10 Å². The van der Waals surface area contributed by atoms with Crippen LogP contribution in [0.4, 0.5) is 13.2 Å². The predicted octanol–water partition coefficient (Wildman–Crippen LogP) is 3.93. The zero-order valence-corrected chi connectivity index (χ0v) is 12.9. The number of halogens is 3. The van der Waals surface area contributed by atoms with Gasteiger partial charge in [0.2, 0.25) is 0 Å². The van der Waals surface area contributed by atoms with Crippen molar-refractivity contribution in [3.05, 3.63) is 52.6 Å². The minimum atomic E-state index is -4.44. The van der Waals surface area contributed by atoms with Crippen LogP contribution >= 0.6 is 0 Å². The summed E-state index contributed by atoms with van der Waals surface area (Å²) in [5.41, 5.74) is 0.246. The lowest BCUT2D eigenvalue weighted by atomic mass is 10.0. The smallest absolute Gasteiger partial charge is 0.303 e. The number of rotatable bonds is 3. The molecular weight excluding hydrogens is 305 g/mol. The summed E-state index contributed by atoms with van der Waals surface area (Å²) >= 11 is 0. The number of alkyl halides is 3. The van der Waals surface area contributed by atoms with Gasteiger partial charge in [-0.05, 0) is 36.6 Å². The van der Waals surface area contributed by atoms with E-state index in [1.807, 2.05) is 0 Å². The Morgan fingerprint density at radius 1 is 1.13 bits per heavy atom. The summed E-state index contributed by atoms with van der Waals surface area (Å²) in [4.78, 5) is 12.3. The summed E-state index contributed by atoms with van der Waals surface area (Å²) in [6, 6.07) is 5.26. The van der Waals surface area contributed by atoms with E-state index in [0.29, 0.717) is 24.0 Å². The Morgan fingerprint density at radius 3 is 2.43 bits per heavy atom. The van der Waals surface area contributed by atoms with Gasteiger partial charge in [0, 0.05) is 31.5 Å². The lowest BCUT2D eigenvalue weighted by Crippen LogP contribution is -2.07. The number of allylic oxidation sites excluding steroid dienone is 3. The lowest BCUT2D eigenvalue weighted by Gasteiger charge is -2.10. The van der Waals surface area contributed by atoms with E-state index in [9.17, 15) is 18.0 Å². The van der Waals surface area contributed by atoms with E-state index in [-0.39, 0.29) is 11.3 Å². The Labute approximate surface area is 132 Å². The molecule has 0 unspecified atom stereocenters. The summed E-state index contributed by atoms with van der Waals surface area (Å²) in [5, 5.41) is 5.58. The van der Waals surface area contributed by atoms with Crippen LogP contribution in [0.3, 0.4) is 0 Å². The fourth-order valence-electron chi connectivity index (χ4n) is 2.32. The third-order valence-corrected chi connectivity index (χ3v) is 3.42. The minimum absolute atomic E-state index is 0.0200. The quantitative estimate of drug-likeness (QED) is 0.480. The number of hydrogen-bond acceptors (Lipinski definition) is 3. The molecule has 122 valence electrons. The molecule has 1 aliphatic rings. The molecule has 1 aromatic carbocycles. The first kappa shape index (κ1) is 17.0. The SMILES string of the molecule is CN(C)/N=C\C=C1\CC/C(=C\c2ccccc2C(F)(F)F)C1=O. The Balaban J connectivity index is 2.28. The molecule has 0 aromatic heterocycles. The average Bonchev–Trinajstić information content (AvgIpc) is 2.79. The summed E-state index contributed by atoms with van der Waals surface area (Å²) in [5.74, 6) is -0.216. The third kappa shape index (κ3) is 4.31. The van der Waals surface area contributed by atoms with E-state index in [2.05, 4.69) is 5.10 Å². The third-order valence-electron chi connectivity index (χ3n) is 3.42. The van der Waals surface area contributed by atoms with Gasteiger partial charge in [0.1, 0.15) is 0 Å². The Bertz CT molecular complexity index is 685. The molecule has 0 aliphatic heterocycles. The Morgan fingerprint density at radius 2 is 1.78 bits per heavy atom. The van der Waals surface area contributed by atoms with Gasteiger partial charge in [-0.2, -0.15) is 18.3 Å². The summed E-state index contributed by atoms with van der Waals surface area (Å²) in [6.45, 7) is 0. The van der Waals surface area contributed by atoms with Crippen LogP contribution in [0, 0.1) is 0 Å². The molecule has 0 spiro atoms. The van der Waals surface area contributed by atoms with Gasteiger partial charge in [-0.3, -0.25) is 4.79 Å². The number of carbonyl (C=O) groups excluding carboxylic acids is 1.